The second-order valence-corrected chi connectivity index (χ2v) is 4.28. The van der Waals surface area contributed by atoms with E-state index in [4.69, 9.17) is 5.11 Å². The van der Waals surface area contributed by atoms with E-state index in [1.807, 2.05) is 0 Å². The molecule has 0 amide bonds. The average Bonchev–Trinajstić information content (AvgIpc) is 2.46. The van der Waals surface area contributed by atoms with Crippen molar-refractivity contribution in [3.8, 4) is 0 Å². The Morgan fingerprint density at radius 2 is 1.90 bits per heavy atom. The maximum Gasteiger partial charge on any atom is 0.338 e. The van der Waals surface area contributed by atoms with E-state index >= 15 is 0 Å². The molecule has 21 heavy (non-hydrogen) atoms. The van der Waals surface area contributed by atoms with E-state index < -0.39 is 22.3 Å². The lowest BCUT2D eigenvalue weighted by Gasteiger charge is -2.08. The molecule has 2 aromatic carbocycles. The number of halogens is 1. The molecule has 0 saturated carbocycles. The minimum Gasteiger partial charge on any atom is -0.478 e. The third-order valence-corrected chi connectivity index (χ3v) is 2.84. The van der Waals surface area contributed by atoms with Gasteiger partial charge in [0.05, 0.1) is 10.5 Å². The van der Waals surface area contributed by atoms with Gasteiger partial charge in [-0.05, 0) is 23.8 Å². The molecule has 6 nitrogen and oxygen atoms in total. The zero-order chi connectivity index (χ0) is 15.4. The molecule has 0 saturated heterocycles. The predicted octanol–water partition coefficient (Wildman–Crippen LogP) is 3.04. The van der Waals surface area contributed by atoms with Crippen molar-refractivity contribution in [3.05, 3.63) is 69.5 Å². The number of aromatic carboxylic acids is 1. The van der Waals surface area contributed by atoms with Crippen LogP contribution in [0.15, 0.2) is 42.5 Å². The van der Waals surface area contributed by atoms with E-state index in [-0.39, 0.29) is 5.69 Å². The minimum absolute atomic E-state index is 0.00584. The van der Waals surface area contributed by atoms with Gasteiger partial charge in [0, 0.05) is 24.4 Å². The van der Waals surface area contributed by atoms with Gasteiger partial charge in [-0.15, -0.1) is 0 Å². The number of benzene rings is 2. The molecule has 2 aromatic rings. The first-order chi connectivity index (χ1) is 9.97. The van der Waals surface area contributed by atoms with Crippen LogP contribution in [0.25, 0.3) is 0 Å². The Kier molecular flexibility index (Phi) is 4.13. The van der Waals surface area contributed by atoms with Crippen molar-refractivity contribution in [2.45, 2.75) is 6.54 Å². The topological polar surface area (TPSA) is 92.5 Å². The van der Waals surface area contributed by atoms with E-state index in [0.29, 0.717) is 12.2 Å². The molecule has 0 fully saturated rings. The third kappa shape index (κ3) is 3.53. The lowest BCUT2D eigenvalue weighted by Crippen LogP contribution is -2.04. The highest BCUT2D eigenvalue weighted by Crippen LogP contribution is 2.17. The van der Waals surface area contributed by atoms with E-state index in [1.54, 1.807) is 12.1 Å². The normalized spacial score (nSPS) is 10.1. The van der Waals surface area contributed by atoms with Gasteiger partial charge in [0.2, 0.25) is 0 Å². The first-order valence-electron chi connectivity index (χ1n) is 5.97. The molecule has 7 heteroatoms. The summed E-state index contributed by atoms with van der Waals surface area (Å²) in [6.07, 6.45) is 0. The van der Waals surface area contributed by atoms with Crippen LogP contribution in [0.4, 0.5) is 15.8 Å². The molecule has 0 heterocycles. The highest BCUT2D eigenvalue weighted by atomic mass is 19.1. The summed E-state index contributed by atoms with van der Waals surface area (Å²) in [5.41, 5.74) is 0.811. The summed E-state index contributed by atoms with van der Waals surface area (Å²) in [5.74, 6) is -2.14. The SMILES string of the molecule is O=C(O)c1cc(NCc2ccc([N+](=O)[O-])cc2)ccc1F. The van der Waals surface area contributed by atoms with Crippen molar-refractivity contribution in [2.24, 2.45) is 0 Å². The lowest BCUT2D eigenvalue weighted by atomic mass is 10.1. The van der Waals surface area contributed by atoms with Gasteiger partial charge in [0.15, 0.2) is 0 Å². The molecule has 2 N–H and O–H groups in total. The largest absolute Gasteiger partial charge is 0.478 e. The van der Waals surface area contributed by atoms with Gasteiger partial charge in [0.1, 0.15) is 5.82 Å². The number of carboxylic acids is 1. The molecule has 0 atom stereocenters. The van der Waals surface area contributed by atoms with E-state index in [0.717, 1.165) is 11.6 Å². The fourth-order valence-corrected chi connectivity index (χ4v) is 1.74. The number of nitrogens with zero attached hydrogens (tertiary/aromatic N) is 1. The number of carbonyl (C=O) groups is 1. The summed E-state index contributed by atoms with van der Waals surface area (Å²) in [6, 6.07) is 9.63. The maximum absolute atomic E-state index is 13.2. The van der Waals surface area contributed by atoms with Crippen molar-refractivity contribution in [1.82, 2.24) is 0 Å². The second-order valence-electron chi connectivity index (χ2n) is 4.28. The van der Waals surface area contributed by atoms with E-state index in [1.165, 1.54) is 24.3 Å². The van der Waals surface area contributed by atoms with Crippen molar-refractivity contribution in [1.29, 1.82) is 0 Å². The summed E-state index contributed by atoms with van der Waals surface area (Å²) in [7, 11) is 0. The number of anilines is 1. The van der Waals surface area contributed by atoms with Gasteiger partial charge in [-0.2, -0.15) is 0 Å². The molecule has 0 aliphatic carbocycles. The minimum atomic E-state index is -1.34. The molecule has 0 aliphatic rings. The smallest absolute Gasteiger partial charge is 0.338 e. The standard InChI is InChI=1S/C14H11FN2O4/c15-13-6-3-10(7-12(13)14(18)19)16-8-9-1-4-11(5-2-9)17(20)21/h1-7,16H,8H2,(H,18,19). The first-order valence-corrected chi connectivity index (χ1v) is 5.97. The van der Waals surface area contributed by atoms with E-state index in [9.17, 15) is 19.3 Å². The highest BCUT2D eigenvalue weighted by Gasteiger charge is 2.10. The summed E-state index contributed by atoms with van der Waals surface area (Å²) in [5, 5.41) is 22.3. The van der Waals surface area contributed by atoms with Gasteiger partial charge in [-0.3, -0.25) is 10.1 Å². The number of rotatable bonds is 5. The number of carboxylic acid groups (broad SMARTS) is 1. The van der Waals surface area contributed by atoms with Crippen LogP contribution in [0.3, 0.4) is 0 Å². The van der Waals surface area contributed by atoms with Gasteiger partial charge in [0.25, 0.3) is 5.69 Å². The number of nitro groups is 1. The van der Waals surface area contributed by atoms with Crippen LogP contribution in [0.5, 0.6) is 0 Å². The summed E-state index contributed by atoms with van der Waals surface area (Å²) in [4.78, 5) is 20.9. The number of nitrogens with one attached hydrogen (secondary N) is 1. The Labute approximate surface area is 119 Å². The summed E-state index contributed by atoms with van der Waals surface area (Å²) < 4.78 is 13.2. The van der Waals surface area contributed by atoms with Gasteiger partial charge in [-0.25, -0.2) is 9.18 Å². The molecule has 0 spiro atoms. The van der Waals surface area contributed by atoms with Crippen molar-refractivity contribution >= 4 is 17.3 Å². The van der Waals surface area contributed by atoms with Crippen molar-refractivity contribution in [3.63, 3.8) is 0 Å². The predicted molar refractivity (Wildman–Crippen MR) is 73.8 cm³/mol. The second kappa shape index (κ2) is 6.00. The fourth-order valence-electron chi connectivity index (χ4n) is 1.74. The van der Waals surface area contributed by atoms with Crippen LogP contribution >= 0.6 is 0 Å². The Bertz CT molecular complexity index is 686. The zero-order valence-corrected chi connectivity index (χ0v) is 10.7. The van der Waals surface area contributed by atoms with Crippen LogP contribution in [-0.2, 0) is 6.54 Å². The number of hydrogen-bond acceptors (Lipinski definition) is 4. The van der Waals surface area contributed by atoms with Crippen LogP contribution < -0.4 is 5.32 Å². The molecule has 0 aliphatic heterocycles. The molecule has 0 aromatic heterocycles. The Morgan fingerprint density at radius 1 is 1.24 bits per heavy atom. The molecule has 2 rings (SSSR count). The van der Waals surface area contributed by atoms with Gasteiger partial charge < -0.3 is 10.4 Å². The monoisotopic (exact) mass is 290 g/mol. The van der Waals surface area contributed by atoms with Crippen LogP contribution in [0.1, 0.15) is 15.9 Å². The molecular weight excluding hydrogens is 279 g/mol. The third-order valence-electron chi connectivity index (χ3n) is 2.84. The van der Waals surface area contributed by atoms with Crippen molar-refractivity contribution in [2.75, 3.05) is 5.32 Å². The Morgan fingerprint density at radius 3 is 2.48 bits per heavy atom. The quantitative estimate of drug-likeness (QED) is 0.652. The lowest BCUT2D eigenvalue weighted by molar-refractivity contribution is -0.384. The molecule has 0 unspecified atom stereocenters. The first kappa shape index (κ1) is 14.4. The van der Waals surface area contributed by atoms with E-state index in [2.05, 4.69) is 5.32 Å². The number of nitro benzene ring substituents is 1. The van der Waals surface area contributed by atoms with Crippen molar-refractivity contribution < 1.29 is 19.2 Å². The molecule has 0 radical (unpaired) electrons. The maximum atomic E-state index is 13.2. The number of hydrogen-bond donors (Lipinski definition) is 2. The van der Waals surface area contributed by atoms with Gasteiger partial charge >= 0.3 is 5.97 Å². The van der Waals surface area contributed by atoms with Crippen LogP contribution in [0.2, 0.25) is 0 Å². The molecule has 108 valence electrons. The fraction of sp³-hybridized carbons (Fsp3) is 0.0714. The van der Waals surface area contributed by atoms with Crippen LogP contribution in [-0.4, -0.2) is 16.0 Å². The van der Waals surface area contributed by atoms with Crippen LogP contribution in [0, 0.1) is 15.9 Å². The molecular formula is C14H11FN2O4. The average molecular weight is 290 g/mol. The zero-order valence-electron chi connectivity index (χ0n) is 10.7. The Balaban J connectivity index is 2.07. The highest BCUT2D eigenvalue weighted by molar-refractivity contribution is 5.89. The summed E-state index contributed by atoms with van der Waals surface area (Å²) in [6.45, 7) is 0.336. The number of non-ortho nitro benzene ring substituents is 1. The molecule has 0 bridgehead atoms. The summed E-state index contributed by atoms with van der Waals surface area (Å²) >= 11 is 0. The Hall–Kier alpha value is -2.96. The van der Waals surface area contributed by atoms with Gasteiger partial charge in [-0.1, -0.05) is 12.1 Å².